The number of esters is 1. The van der Waals surface area contributed by atoms with Gasteiger partial charge in [-0.15, -0.1) is 6.58 Å². The van der Waals surface area contributed by atoms with Crippen LogP contribution in [0.2, 0.25) is 0 Å². The van der Waals surface area contributed by atoms with Crippen molar-refractivity contribution in [2.45, 2.75) is 6.42 Å². The number of carbonyl (C=O) groups is 1. The van der Waals surface area contributed by atoms with Crippen LogP contribution in [0.5, 0.6) is 0 Å². The summed E-state index contributed by atoms with van der Waals surface area (Å²) in [6.45, 7) is 7.13. The van der Waals surface area contributed by atoms with Crippen molar-refractivity contribution in [3.8, 4) is 0 Å². The molecule has 1 aliphatic rings. The highest BCUT2D eigenvalue weighted by Gasteiger charge is 2.25. The summed E-state index contributed by atoms with van der Waals surface area (Å²) in [6, 6.07) is 0. The Morgan fingerprint density at radius 1 is 1.64 bits per heavy atom. The van der Waals surface area contributed by atoms with Crippen molar-refractivity contribution in [3.05, 3.63) is 35.0 Å². The van der Waals surface area contributed by atoms with Crippen LogP contribution in [0.1, 0.15) is 6.42 Å². The van der Waals surface area contributed by atoms with Gasteiger partial charge in [-0.1, -0.05) is 12.7 Å². The molecule has 0 saturated carbocycles. The molecule has 0 spiro atoms. The lowest BCUT2D eigenvalue weighted by Gasteiger charge is -1.95. The van der Waals surface area contributed by atoms with Crippen LogP contribution in [-0.4, -0.2) is 5.97 Å². The van der Waals surface area contributed by atoms with Gasteiger partial charge in [0.2, 0.25) is 0 Å². The van der Waals surface area contributed by atoms with Gasteiger partial charge in [0, 0.05) is 5.57 Å². The molecule has 0 atom stereocenters. The maximum atomic E-state index is 10.8. The Morgan fingerprint density at radius 2 is 2.27 bits per heavy atom. The van der Waals surface area contributed by atoms with Crippen molar-refractivity contribution < 1.29 is 9.53 Å². The van der Waals surface area contributed by atoms with Crippen LogP contribution in [0.4, 0.5) is 0 Å². The number of allylic oxidation sites excluding steroid dienone is 2. The second-order valence-corrected chi connectivity index (χ2v) is 2.89. The zero-order chi connectivity index (χ0) is 8.43. The largest absolute Gasteiger partial charge is 0.423 e. The number of hydrogen-bond donors (Lipinski definition) is 0. The first-order valence-corrected chi connectivity index (χ1v) is 3.87. The van der Waals surface area contributed by atoms with Gasteiger partial charge in [0.15, 0.2) is 0 Å². The van der Waals surface area contributed by atoms with Crippen molar-refractivity contribution in [2.24, 2.45) is 0 Å². The third-order valence-corrected chi connectivity index (χ3v) is 2.15. The van der Waals surface area contributed by atoms with E-state index in [1.54, 1.807) is 6.08 Å². The zero-order valence-electron chi connectivity index (χ0n) is 5.89. The van der Waals surface area contributed by atoms with E-state index in [2.05, 4.69) is 29.1 Å². The Balaban J connectivity index is 2.96. The normalized spacial score (nSPS) is 17.2. The van der Waals surface area contributed by atoms with Crippen molar-refractivity contribution in [1.29, 1.82) is 0 Å². The third kappa shape index (κ3) is 1.43. The predicted molar refractivity (Wildman–Crippen MR) is 46.0 cm³/mol. The van der Waals surface area contributed by atoms with Gasteiger partial charge in [-0.05, 0) is 22.4 Å². The van der Waals surface area contributed by atoms with Crippen molar-refractivity contribution in [2.75, 3.05) is 0 Å². The number of ether oxygens (including phenoxy) is 1. The monoisotopic (exact) mass is 214 g/mol. The Morgan fingerprint density at radius 3 is 2.64 bits per heavy atom. The molecule has 0 N–H and O–H groups in total. The summed E-state index contributed by atoms with van der Waals surface area (Å²) in [7, 11) is 0. The molecule has 0 radical (unpaired) electrons. The molecule has 0 aromatic rings. The van der Waals surface area contributed by atoms with Crippen LogP contribution >= 0.6 is 15.9 Å². The average molecular weight is 215 g/mol. The predicted octanol–water partition coefficient (Wildman–Crippen LogP) is 2.28. The number of halogens is 1. The molecule has 0 fully saturated rings. The molecular weight excluding hydrogens is 208 g/mol. The topological polar surface area (TPSA) is 26.3 Å². The van der Waals surface area contributed by atoms with Crippen LogP contribution in [0.3, 0.4) is 0 Å². The molecule has 2 nitrogen and oxygen atoms in total. The van der Waals surface area contributed by atoms with Gasteiger partial charge in [-0.25, -0.2) is 4.79 Å². The molecule has 0 aromatic carbocycles. The quantitative estimate of drug-likeness (QED) is 0.521. The maximum absolute atomic E-state index is 10.8. The average Bonchev–Trinajstić information content (AvgIpc) is 2.17. The summed E-state index contributed by atoms with van der Waals surface area (Å²) < 4.78 is 5.20. The summed E-state index contributed by atoms with van der Waals surface area (Å²) in [6.07, 6.45) is 2.30. The zero-order valence-corrected chi connectivity index (χ0v) is 7.48. The Kier molecular flexibility index (Phi) is 2.29. The first-order valence-electron chi connectivity index (χ1n) is 3.07. The summed E-state index contributed by atoms with van der Waals surface area (Å²) in [5.41, 5.74) is 0.782. The lowest BCUT2D eigenvalue weighted by Crippen LogP contribution is -1.91. The number of cyclic esters (lactones) is 1. The molecule has 1 heterocycles. The fourth-order valence-electron chi connectivity index (χ4n) is 0.812. The van der Waals surface area contributed by atoms with Gasteiger partial charge in [-0.3, -0.25) is 0 Å². The SMILES string of the molecule is C=CCC1=C(Br)C(=O)OC1=C. The fraction of sp³-hybridized carbons (Fsp3) is 0.125. The van der Waals surface area contributed by atoms with E-state index in [-0.39, 0.29) is 5.97 Å². The van der Waals surface area contributed by atoms with Gasteiger partial charge >= 0.3 is 5.97 Å². The molecule has 0 saturated heterocycles. The third-order valence-electron chi connectivity index (χ3n) is 1.35. The van der Waals surface area contributed by atoms with E-state index in [1.807, 2.05) is 0 Å². The highest BCUT2D eigenvalue weighted by Crippen LogP contribution is 2.30. The van der Waals surface area contributed by atoms with Crippen molar-refractivity contribution >= 4 is 21.9 Å². The molecule has 1 rings (SSSR count). The van der Waals surface area contributed by atoms with Crippen LogP contribution < -0.4 is 0 Å². The molecule has 0 unspecified atom stereocenters. The van der Waals surface area contributed by atoms with Gasteiger partial charge in [0.05, 0.1) is 0 Å². The van der Waals surface area contributed by atoms with Gasteiger partial charge in [0.1, 0.15) is 10.2 Å². The number of rotatable bonds is 2. The highest BCUT2D eigenvalue weighted by atomic mass is 79.9. The summed E-state index contributed by atoms with van der Waals surface area (Å²) in [5.74, 6) is 0.0497. The molecule has 0 aromatic heterocycles. The second kappa shape index (κ2) is 3.05. The minimum Gasteiger partial charge on any atom is -0.423 e. The van der Waals surface area contributed by atoms with Crippen molar-refractivity contribution in [1.82, 2.24) is 0 Å². The summed E-state index contributed by atoms with van der Waals surface area (Å²) in [5, 5.41) is 0. The first-order chi connectivity index (χ1) is 5.16. The molecule has 0 aliphatic carbocycles. The van der Waals surface area contributed by atoms with E-state index in [1.165, 1.54) is 0 Å². The summed E-state index contributed by atoms with van der Waals surface area (Å²) in [4.78, 5) is 10.8. The van der Waals surface area contributed by atoms with Gasteiger partial charge in [0.25, 0.3) is 0 Å². The van der Waals surface area contributed by atoms with Crippen molar-refractivity contribution in [3.63, 3.8) is 0 Å². The van der Waals surface area contributed by atoms with E-state index >= 15 is 0 Å². The lowest BCUT2D eigenvalue weighted by atomic mass is 10.2. The van der Waals surface area contributed by atoms with Gasteiger partial charge in [-0.2, -0.15) is 0 Å². The maximum Gasteiger partial charge on any atom is 0.351 e. The minimum absolute atomic E-state index is 0.369. The minimum atomic E-state index is -0.369. The second-order valence-electron chi connectivity index (χ2n) is 2.10. The molecular formula is C8H7BrO2. The number of hydrogen-bond acceptors (Lipinski definition) is 2. The van der Waals surface area contributed by atoms with Crippen LogP contribution in [0.15, 0.2) is 35.0 Å². The molecule has 0 bridgehead atoms. The van der Waals surface area contributed by atoms with Gasteiger partial charge < -0.3 is 4.74 Å². The fourth-order valence-corrected chi connectivity index (χ4v) is 1.28. The molecule has 0 amide bonds. The molecule has 58 valence electrons. The van der Waals surface area contributed by atoms with Crippen LogP contribution in [-0.2, 0) is 9.53 Å². The Labute approximate surface area is 73.4 Å². The highest BCUT2D eigenvalue weighted by molar-refractivity contribution is 9.12. The van der Waals surface area contributed by atoms with E-state index in [0.717, 1.165) is 5.57 Å². The standard InChI is InChI=1S/C8H7BrO2/c1-3-4-6-5(2)11-8(10)7(6)9/h3H,1-2,4H2. The smallest absolute Gasteiger partial charge is 0.351 e. The molecule has 3 heteroatoms. The van der Waals surface area contributed by atoms with E-state index in [4.69, 9.17) is 4.74 Å². The van der Waals surface area contributed by atoms with E-state index in [0.29, 0.717) is 16.7 Å². The Bertz CT molecular complexity index is 263. The summed E-state index contributed by atoms with van der Waals surface area (Å²) >= 11 is 3.11. The Hall–Kier alpha value is -0.830. The lowest BCUT2D eigenvalue weighted by molar-refractivity contribution is -0.132. The van der Waals surface area contributed by atoms with Crippen LogP contribution in [0, 0.1) is 0 Å². The van der Waals surface area contributed by atoms with E-state index in [9.17, 15) is 4.79 Å². The number of carbonyl (C=O) groups excluding carboxylic acids is 1. The first kappa shape index (κ1) is 8.27. The van der Waals surface area contributed by atoms with E-state index < -0.39 is 0 Å². The van der Waals surface area contributed by atoms with Crippen LogP contribution in [0.25, 0.3) is 0 Å². The molecule has 1 aliphatic heterocycles. The molecule has 11 heavy (non-hydrogen) atoms.